The third kappa shape index (κ3) is 4.75. The summed E-state index contributed by atoms with van der Waals surface area (Å²) in [6.07, 6.45) is 2.61. The molecule has 2 amide bonds. The molecule has 2 aromatic carbocycles. The van der Waals surface area contributed by atoms with Crippen molar-refractivity contribution in [2.75, 3.05) is 5.43 Å². The third-order valence-electron chi connectivity index (χ3n) is 5.72. The van der Waals surface area contributed by atoms with Crippen molar-refractivity contribution in [1.29, 1.82) is 0 Å². The highest BCUT2D eigenvalue weighted by atomic mass is 35.5. The molecule has 1 aromatic heterocycles. The zero-order valence-electron chi connectivity index (χ0n) is 17.3. The summed E-state index contributed by atoms with van der Waals surface area (Å²) in [6.45, 7) is 0.0356. The highest BCUT2D eigenvalue weighted by molar-refractivity contribution is 6.30. The minimum atomic E-state index is -1.02. The quantitative estimate of drug-likeness (QED) is 0.589. The molecule has 2 N–H and O–H groups in total. The monoisotopic (exact) mass is 454 g/mol. The first-order chi connectivity index (χ1) is 15.4. The highest BCUT2D eigenvalue weighted by Crippen LogP contribution is 2.26. The van der Waals surface area contributed by atoms with Crippen molar-refractivity contribution in [3.63, 3.8) is 0 Å². The van der Waals surface area contributed by atoms with Gasteiger partial charge in [-0.2, -0.15) is 5.10 Å². The van der Waals surface area contributed by atoms with Crippen molar-refractivity contribution in [3.8, 4) is 0 Å². The second-order valence-corrected chi connectivity index (χ2v) is 8.33. The highest BCUT2D eigenvalue weighted by Gasteiger charge is 2.28. The molecular weight excluding hydrogens is 432 g/mol. The van der Waals surface area contributed by atoms with E-state index in [0.717, 1.165) is 36.0 Å². The Kier molecular flexibility index (Phi) is 6.41. The number of hydrogen-bond donors (Lipinski definition) is 2. The number of aromatic nitrogens is 2. The maximum absolute atomic E-state index is 12.9. The van der Waals surface area contributed by atoms with Crippen molar-refractivity contribution in [3.05, 3.63) is 75.2 Å². The fourth-order valence-corrected chi connectivity index (χ4v) is 4.25. The number of carbonyl (C=O) groups excluding carboxylic acids is 1. The summed E-state index contributed by atoms with van der Waals surface area (Å²) in [5.74, 6) is -0.422. The maximum Gasteiger partial charge on any atom is 0.407 e. The predicted octanol–water partition coefficient (Wildman–Crippen LogP) is 3.79. The molecule has 0 bridgehead atoms. The molecule has 1 aliphatic carbocycles. The van der Waals surface area contributed by atoms with E-state index in [9.17, 15) is 19.5 Å². The summed E-state index contributed by atoms with van der Waals surface area (Å²) in [6, 6.07) is 13.6. The summed E-state index contributed by atoms with van der Waals surface area (Å²) >= 11 is 5.88. The molecule has 0 unspecified atom stereocenters. The molecule has 1 aliphatic rings. The van der Waals surface area contributed by atoms with Crippen LogP contribution < -0.4 is 11.0 Å². The third-order valence-corrected chi connectivity index (χ3v) is 5.97. The fraction of sp³-hybridized carbons (Fsp3) is 0.304. The molecular formula is C23H23ClN4O4. The summed E-state index contributed by atoms with van der Waals surface area (Å²) in [5, 5.41) is 15.6. The van der Waals surface area contributed by atoms with E-state index < -0.39 is 17.6 Å². The molecule has 9 heteroatoms. The average Bonchev–Trinajstić information content (AvgIpc) is 3.30. The Morgan fingerprint density at radius 2 is 1.75 bits per heavy atom. The van der Waals surface area contributed by atoms with E-state index in [4.69, 9.17) is 11.6 Å². The molecule has 8 nitrogen and oxygen atoms in total. The molecule has 3 aromatic rings. The van der Waals surface area contributed by atoms with Crippen molar-refractivity contribution in [2.24, 2.45) is 0 Å². The lowest BCUT2D eigenvalue weighted by atomic mass is 10.1. The van der Waals surface area contributed by atoms with E-state index in [1.165, 1.54) is 4.90 Å². The van der Waals surface area contributed by atoms with Crippen LogP contribution in [0.1, 0.15) is 36.9 Å². The van der Waals surface area contributed by atoms with Crippen molar-refractivity contribution in [1.82, 2.24) is 14.8 Å². The second kappa shape index (κ2) is 9.40. The Labute approximate surface area is 189 Å². The second-order valence-electron chi connectivity index (χ2n) is 7.90. The predicted molar refractivity (Wildman–Crippen MR) is 121 cm³/mol. The van der Waals surface area contributed by atoms with Gasteiger partial charge in [-0.3, -0.25) is 14.5 Å². The van der Waals surface area contributed by atoms with Crippen LogP contribution in [0.15, 0.2) is 53.3 Å². The Bertz CT molecular complexity index is 1200. The molecule has 0 radical (unpaired) electrons. The standard InChI is InChI=1S/C23H23ClN4O4/c24-16-11-9-15(10-12-16)13-21(29)26-28-22(30)19-8-4-3-7-18(19)20(25-28)14-27(23(31)32)17-5-1-2-6-17/h3-4,7-12,17H,1-2,5-6,13-14H2,(H,26,29)(H,31,32). The fourth-order valence-electron chi connectivity index (χ4n) is 4.12. The molecule has 1 fully saturated rings. The summed E-state index contributed by atoms with van der Waals surface area (Å²) in [7, 11) is 0. The number of carbonyl (C=O) groups is 2. The Morgan fingerprint density at radius 3 is 2.41 bits per heavy atom. The van der Waals surface area contributed by atoms with Crippen LogP contribution in [0.5, 0.6) is 0 Å². The van der Waals surface area contributed by atoms with E-state index in [-0.39, 0.29) is 19.0 Å². The van der Waals surface area contributed by atoms with Crippen LogP contribution in [0, 0.1) is 0 Å². The van der Waals surface area contributed by atoms with Gasteiger partial charge in [-0.1, -0.05) is 54.8 Å². The van der Waals surface area contributed by atoms with Gasteiger partial charge in [0, 0.05) is 16.5 Å². The van der Waals surface area contributed by atoms with E-state index in [2.05, 4.69) is 10.5 Å². The van der Waals surface area contributed by atoms with Gasteiger partial charge in [-0.05, 0) is 36.6 Å². The molecule has 32 heavy (non-hydrogen) atoms. The topological polar surface area (TPSA) is 105 Å². The molecule has 0 spiro atoms. The lowest BCUT2D eigenvalue weighted by Crippen LogP contribution is -2.40. The Balaban J connectivity index is 1.65. The van der Waals surface area contributed by atoms with Crippen molar-refractivity contribution in [2.45, 2.75) is 44.7 Å². The average molecular weight is 455 g/mol. The molecule has 0 atom stereocenters. The van der Waals surface area contributed by atoms with E-state index in [1.54, 1.807) is 48.5 Å². The van der Waals surface area contributed by atoms with Crippen LogP contribution in [-0.2, 0) is 17.8 Å². The summed E-state index contributed by atoms with van der Waals surface area (Å²) in [5.41, 5.74) is 3.21. The molecule has 0 aliphatic heterocycles. The van der Waals surface area contributed by atoms with Crippen molar-refractivity contribution < 1.29 is 14.7 Å². The van der Waals surface area contributed by atoms with Crippen LogP contribution in [-0.4, -0.2) is 37.9 Å². The smallest absolute Gasteiger partial charge is 0.407 e. The van der Waals surface area contributed by atoms with Crippen molar-refractivity contribution >= 4 is 34.4 Å². The minimum Gasteiger partial charge on any atom is -0.465 e. The number of carboxylic acid groups (broad SMARTS) is 1. The van der Waals surface area contributed by atoms with Gasteiger partial charge in [0.15, 0.2) is 0 Å². The molecule has 1 saturated carbocycles. The maximum atomic E-state index is 12.9. The van der Waals surface area contributed by atoms with Gasteiger partial charge in [0.2, 0.25) is 5.91 Å². The lowest BCUT2D eigenvalue weighted by Gasteiger charge is -2.26. The van der Waals surface area contributed by atoms with Gasteiger partial charge < -0.3 is 5.11 Å². The van der Waals surface area contributed by atoms with Gasteiger partial charge in [0.25, 0.3) is 5.56 Å². The number of nitrogens with one attached hydrogen (secondary N) is 1. The first-order valence-electron chi connectivity index (χ1n) is 10.5. The number of amides is 2. The normalized spacial score (nSPS) is 13.9. The summed E-state index contributed by atoms with van der Waals surface area (Å²) < 4.78 is 0. The first-order valence-corrected chi connectivity index (χ1v) is 10.8. The number of hydrogen-bond acceptors (Lipinski definition) is 4. The molecule has 4 rings (SSSR count). The number of halogens is 1. The minimum absolute atomic E-state index is 0.0356. The van der Waals surface area contributed by atoms with Crippen LogP contribution in [0.4, 0.5) is 4.79 Å². The van der Waals surface area contributed by atoms with E-state index in [0.29, 0.717) is 21.5 Å². The van der Waals surface area contributed by atoms with E-state index >= 15 is 0 Å². The number of benzene rings is 2. The Morgan fingerprint density at radius 1 is 1.09 bits per heavy atom. The Hall–Kier alpha value is -3.39. The number of nitrogens with zero attached hydrogens (tertiary/aromatic N) is 3. The van der Waals surface area contributed by atoms with Crippen LogP contribution in [0.25, 0.3) is 10.8 Å². The molecule has 0 saturated heterocycles. The molecule has 166 valence electrons. The number of rotatable bonds is 6. The first kappa shape index (κ1) is 21.8. The largest absolute Gasteiger partial charge is 0.465 e. The van der Waals surface area contributed by atoms with Gasteiger partial charge in [-0.15, -0.1) is 4.79 Å². The van der Waals surface area contributed by atoms with Gasteiger partial charge in [0.1, 0.15) is 0 Å². The van der Waals surface area contributed by atoms with Crippen LogP contribution >= 0.6 is 11.6 Å². The van der Waals surface area contributed by atoms with E-state index in [1.807, 2.05) is 0 Å². The van der Waals surface area contributed by atoms with Crippen LogP contribution in [0.3, 0.4) is 0 Å². The van der Waals surface area contributed by atoms with Crippen LogP contribution in [0.2, 0.25) is 5.02 Å². The van der Waals surface area contributed by atoms with Gasteiger partial charge in [-0.25, -0.2) is 10.2 Å². The van der Waals surface area contributed by atoms with Gasteiger partial charge in [0.05, 0.1) is 24.0 Å². The SMILES string of the molecule is O=C(Cc1ccc(Cl)cc1)Nn1nc(CN(C(=O)O)C2CCCC2)c2ccccc2c1=O. The van der Waals surface area contributed by atoms with Gasteiger partial charge >= 0.3 is 6.09 Å². The zero-order chi connectivity index (χ0) is 22.7. The lowest BCUT2D eigenvalue weighted by molar-refractivity contribution is -0.116. The zero-order valence-corrected chi connectivity index (χ0v) is 18.1. The molecule has 1 heterocycles. The number of fused-ring (bicyclic) bond motifs is 1. The summed E-state index contributed by atoms with van der Waals surface area (Å²) in [4.78, 5) is 39.7.